The molecule has 0 aromatic carbocycles. The van der Waals surface area contributed by atoms with Crippen molar-refractivity contribution in [2.45, 2.75) is 25.9 Å². The van der Waals surface area contributed by atoms with E-state index >= 15 is 0 Å². The van der Waals surface area contributed by atoms with Crippen LogP contribution in [0.3, 0.4) is 0 Å². The summed E-state index contributed by atoms with van der Waals surface area (Å²) in [5.74, 6) is -0.385. The molecule has 1 aromatic heterocycles. The van der Waals surface area contributed by atoms with Gasteiger partial charge < -0.3 is 9.84 Å². The third kappa shape index (κ3) is 2.79. The second kappa shape index (κ2) is 4.93. The van der Waals surface area contributed by atoms with Crippen LogP contribution in [0.2, 0.25) is 0 Å². The molecule has 84 valence electrons. The lowest BCUT2D eigenvalue weighted by atomic mass is 10.1. The Balaban J connectivity index is 2.84. The highest BCUT2D eigenvalue weighted by Crippen LogP contribution is 2.12. The van der Waals surface area contributed by atoms with Gasteiger partial charge in [0.2, 0.25) is 0 Å². The van der Waals surface area contributed by atoms with Crippen LogP contribution < -0.4 is 0 Å². The molecule has 0 aliphatic rings. The van der Waals surface area contributed by atoms with Crippen LogP contribution in [0.1, 0.15) is 29.4 Å². The summed E-state index contributed by atoms with van der Waals surface area (Å²) < 4.78 is 6.28. The number of aryl methyl sites for hydroxylation is 1. The first-order valence-corrected chi connectivity index (χ1v) is 4.83. The predicted octanol–water partition coefficient (Wildman–Crippen LogP) is 0.520. The number of carbonyl (C=O) groups excluding carboxylic acids is 1. The quantitative estimate of drug-likeness (QED) is 0.739. The topological polar surface area (TPSA) is 64.3 Å². The summed E-state index contributed by atoms with van der Waals surface area (Å²) in [5.41, 5.74) is 1.27. The van der Waals surface area contributed by atoms with E-state index < -0.39 is 0 Å². The number of ether oxygens (including phenoxy) is 1. The van der Waals surface area contributed by atoms with E-state index in [2.05, 4.69) is 9.84 Å². The molecular formula is C10H16N2O3. The van der Waals surface area contributed by atoms with Gasteiger partial charge in [0.25, 0.3) is 0 Å². The zero-order chi connectivity index (χ0) is 11.4. The monoisotopic (exact) mass is 212 g/mol. The Hall–Kier alpha value is -1.36. The van der Waals surface area contributed by atoms with Gasteiger partial charge in [-0.3, -0.25) is 4.68 Å². The number of methoxy groups -OCH3 is 1. The number of nitrogens with zero attached hydrogens (tertiary/aromatic N) is 2. The van der Waals surface area contributed by atoms with Gasteiger partial charge in [0.15, 0.2) is 0 Å². The average molecular weight is 212 g/mol. The van der Waals surface area contributed by atoms with E-state index in [0.717, 1.165) is 5.69 Å². The number of hydrogen-bond donors (Lipinski definition) is 1. The molecule has 0 saturated heterocycles. The standard InChI is InChI=1S/C10H16N2O3/c1-7(13)4-5-9-8(10(14)15-3)6-11-12(9)2/h6-7,13H,4-5H2,1-3H3/t7-/m1/s1. The first-order chi connectivity index (χ1) is 7.06. The van der Waals surface area contributed by atoms with Crippen molar-refractivity contribution in [3.05, 3.63) is 17.5 Å². The molecule has 0 unspecified atom stereocenters. The largest absolute Gasteiger partial charge is 0.465 e. The number of esters is 1. The summed E-state index contributed by atoms with van der Waals surface area (Å²) in [6.07, 6.45) is 2.32. The number of aromatic nitrogens is 2. The van der Waals surface area contributed by atoms with Crippen molar-refractivity contribution in [3.8, 4) is 0 Å². The highest BCUT2D eigenvalue weighted by Gasteiger charge is 2.16. The first-order valence-electron chi connectivity index (χ1n) is 4.83. The van der Waals surface area contributed by atoms with Crippen molar-refractivity contribution in [2.24, 2.45) is 7.05 Å². The van der Waals surface area contributed by atoms with Gasteiger partial charge in [0.1, 0.15) is 5.56 Å². The minimum atomic E-state index is -0.385. The molecule has 1 heterocycles. The lowest BCUT2D eigenvalue weighted by Crippen LogP contribution is -2.10. The SMILES string of the molecule is COC(=O)c1cnn(C)c1CC[C@@H](C)O. The van der Waals surface area contributed by atoms with Crippen LogP contribution in [0.15, 0.2) is 6.20 Å². The third-order valence-electron chi connectivity index (χ3n) is 2.27. The molecule has 15 heavy (non-hydrogen) atoms. The normalized spacial score (nSPS) is 12.5. The van der Waals surface area contributed by atoms with Gasteiger partial charge in [-0.2, -0.15) is 5.10 Å². The van der Waals surface area contributed by atoms with Crippen LogP contribution in [-0.2, 0) is 18.2 Å². The maximum atomic E-state index is 11.4. The number of hydrogen-bond acceptors (Lipinski definition) is 4. The predicted molar refractivity (Wildman–Crippen MR) is 54.5 cm³/mol. The number of aliphatic hydroxyl groups excluding tert-OH is 1. The van der Waals surface area contributed by atoms with E-state index in [0.29, 0.717) is 18.4 Å². The Morgan fingerprint density at radius 3 is 2.93 bits per heavy atom. The molecule has 5 heteroatoms. The van der Waals surface area contributed by atoms with E-state index in [-0.39, 0.29) is 12.1 Å². The summed E-state index contributed by atoms with van der Waals surface area (Å²) in [7, 11) is 3.11. The molecule has 0 radical (unpaired) electrons. The second-order valence-corrected chi connectivity index (χ2v) is 3.51. The van der Waals surface area contributed by atoms with Crippen LogP contribution in [0, 0.1) is 0 Å². The van der Waals surface area contributed by atoms with Crippen LogP contribution in [0.4, 0.5) is 0 Å². The maximum Gasteiger partial charge on any atom is 0.341 e. The Labute approximate surface area is 88.7 Å². The third-order valence-corrected chi connectivity index (χ3v) is 2.27. The molecule has 0 aliphatic carbocycles. The fraction of sp³-hybridized carbons (Fsp3) is 0.600. The van der Waals surface area contributed by atoms with Gasteiger partial charge in [-0.1, -0.05) is 0 Å². The molecular weight excluding hydrogens is 196 g/mol. The smallest absolute Gasteiger partial charge is 0.341 e. The number of rotatable bonds is 4. The number of aliphatic hydroxyl groups is 1. The summed E-state index contributed by atoms with van der Waals surface area (Å²) in [6.45, 7) is 1.72. The maximum absolute atomic E-state index is 11.4. The molecule has 0 aliphatic heterocycles. The van der Waals surface area contributed by atoms with Crippen molar-refractivity contribution in [3.63, 3.8) is 0 Å². The van der Waals surface area contributed by atoms with Crippen LogP contribution in [-0.4, -0.2) is 34.1 Å². The van der Waals surface area contributed by atoms with Crippen molar-refractivity contribution in [2.75, 3.05) is 7.11 Å². The molecule has 0 fully saturated rings. The van der Waals surface area contributed by atoms with Gasteiger partial charge in [-0.15, -0.1) is 0 Å². The molecule has 1 aromatic rings. The molecule has 5 nitrogen and oxygen atoms in total. The van der Waals surface area contributed by atoms with Gasteiger partial charge in [0.05, 0.1) is 25.1 Å². The van der Waals surface area contributed by atoms with E-state index in [1.165, 1.54) is 13.3 Å². The van der Waals surface area contributed by atoms with Crippen LogP contribution >= 0.6 is 0 Å². The summed E-state index contributed by atoms with van der Waals surface area (Å²) in [6, 6.07) is 0. The van der Waals surface area contributed by atoms with Gasteiger partial charge in [-0.25, -0.2) is 4.79 Å². The van der Waals surface area contributed by atoms with Crippen molar-refractivity contribution >= 4 is 5.97 Å². The fourth-order valence-electron chi connectivity index (χ4n) is 1.39. The second-order valence-electron chi connectivity index (χ2n) is 3.51. The highest BCUT2D eigenvalue weighted by atomic mass is 16.5. The molecule has 0 saturated carbocycles. The first kappa shape index (κ1) is 11.7. The zero-order valence-corrected chi connectivity index (χ0v) is 9.23. The molecule has 0 amide bonds. The lowest BCUT2D eigenvalue weighted by molar-refractivity contribution is 0.0598. The van der Waals surface area contributed by atoms with Crippen molar-refractivity contribution in [1.82, 2.24) is 9.78 Å². The minimum absolute atomic E-state index is 0.384. The Morgan fingerprint density at radius 1 is 1.73 bits per heavy atom. The van der Waals surface area contributed by atoms with E-state index in [1.54, 1.807) is 18.7 Å². The average Bonchev–Trinajstić information content (AvgIpc) is 2.55. The van der Waals surface area contributed by atoms with Gasteiger partial charge in [-0.05, 0) is 19.8 Å². The minimum Gasteiger partial charge on any atom is -0.465 e. The molecule has 1 rings (SSSR count). The summed E-state index contributed by atoms with van der Waals surface area (Å²) in [4.78, 5) is 11.4. The van der Waals surface area contributed by atoms with E-state index in [1.807, 2.05) is 0 Å². The summed E-state index contributed by atoms with van der Waals surface area (Å²) >= 11 is 0. The molecule has 1 atom stereocenters. The van der Waals surface area contributed by atoms with E-state index in [9.17, 15) is 9.90 Å². The summed E-state index contributed by atoms with van der Waals surface area (Å²) in [5, 5.41) is 13.2. The van der Waals surface area contributed by atoms with Crippen LogP contribution in [0.5, 0.6) is 0 Å². The Bertz CT molecular complexity index is 344. The number of carbonyl (C=O) groups is 1. The van der Waals surface area contributed by atoms with Crippen LogP contribution in [0.25, 0.3) is 0 Å². The van der Waals surface area contributed by atoms with E-state index in [4.69, 9.17) is 0 Å². The zero-order valence-electron chi connectivity index (χ0n) is 9.23. The Kier molecular flexibility index (Phi) is 3.85. The molecule has 0 bridgehead atoms. The fourth-order valence-corrected chi connectivity index (χ4v) is 1.39. The van der Waals surface area contributed by atoms with Crippen molar-refractivity contribution < 1.29 is 14.6 Å². The Morgan fingerprint density at radius 2 is 2.40 bits per heavy atom. The molecule has 1 N–H and O–H groups in total. The van der Waals surface area contributed by atoms with Gasteiger partial charge in [0, 0.05) is 7.05 Å². The van der Waals surface area contributed by atoms with Crippen molar-refractivity contribution in [1.29, 1.82) is 0 Å². The molecule has 0 spiro atoms. The highest BCUT2D eigenvalue weighted by molar-refractivity contribution is 5.90. The lowest BCUT2D eigenvalue weighted by Gasteiger charge is -2.06. The van der Waals surface area contributed by atoms with Gasteiger partial charge >= 0.3 is 5.97 Å².